The number of hydrogen-bond acceptors (Lipinski definition) is 5. The van der Waals surface area contributed by atoms with E-state index in [1.165, 1.54) is 42.4 Å². The van der Waals surface area contributed by atoms with Crippen molar-refractivity contribution in [3.63, 3.8) is 0 Å². The molecule has 0 aliphatic rings. The number of aryl methyl sites for hydroxylation is 1. The zero-order chi connectivity index (χ0) is 22.2. The van der Waals surface area contributed by atoms with Gasteiger partial charge in [-0.1, -0.05) is 6.07 Å². The quantitative estimate of drug-likeness (QED) is 0.588. The molecule has 2 amide bonds. The number of halogens is 1. The van der Waals surface area contributed by atoms with Crippen molar-refractivity contribution in [1.29, 1.82) is 0 Å². The fraction of sp³-hybridized carbons (Fsp3) is 0.130. The fourth-order valence-corrected chi connectivity index (χ4v) is 2.61. The predicted molar refractivity (Wildman–Crippen MR) is 115 cm³/mol. The highest BCUT2D eigenvalue weighted by atomic mass is 19.1. The van der Waals surface area contributed by atoms with Gasteiger partial charge in [-0.25, -0.2) is 9.37 Å². The smallest absolute Gasteiger partial charge is 0.246 e. The molecule has 0 bridgehead atoms. The lowest BCUT2D eigenvalue weighted by Crippen LogP contribution is -2.34. The van der Waals surface area contributed by atoms with E-state index < -0.39 is 11.7 Å². The minimum absolute atomic E-state index is 0.0509. The van der Waals surface area contributed by atoms with Crippen LogP contribution in [0.25, 0.3) is 6.08 Å². The van der Waals surface area contributed by atoms with Gasteiger partial charge in [0.15, 0.2) is 11.6 Å². The second-order valence-electron chi connectivity index (χ2n) is 6.77. The fourth-order valence-electron chi connectivity index (χ4n) is 2.61. The highest BCUT2D eigenvalue weighted by Crippen LogP contribution is 2.24. The summed E-state index contributed by atoms with van der Waals surface area (Å²) in [7, 11) is 1.50. The summed E-state index contributed by atoms with van der Waals surface area (Å²) in [5.74, 6) is -0.452. The Morgan fingerprint density at radius 2 is 2.03 bits per heavy atom. The largest absolute Gasteiger partial charge is 0.453 e. The van der Waals surface area contributed by atoms with Crippen LogP contribution in [0.3, 0.4) is 0 Å². The SMILES string of the molecule is Cc1ccnc(NC(=O)CN(C)C(=O)/C=C/c2ccc(Oc3cccnc3)c(F)c2)c1. The van der Waals surface area contributed by atoms with Gasteiger partial charge in [0.1, 0.15) is 11.6 Å². The average Bonchev–Trinajstić information content (AvgIpc) is 2.74. The maximum atomic E-state index is 14.3. The van der Waals surface area contributed by atoms with Gasteiger partial charge in [-0.2, -0.15) is 0 Å². The monoisotopic (exact) mass is 420 g/mol. The lowest BCUT2D eigenvalue weighted by molar-refractivity contribution is -0.129. The van der Waals surface area contributed by atoms with Gasteiger partial charge < -0.3 is 15.0 Å². The van der Waals surface area contributed by atoms with Crippen LogP contribution >= 0.6 is 0 Å². The van der Waals surface area contributed by atoms with Crippen molar-refractivity contribution in [2.24, 2.45) is 0 Å². The van der Waals surface area contributed by atoms with Gasteiger partial charge in [0.25, 0.3) is 0 Å². The molecular weight excluding hydrogens is 399 g/mol. The second-order valence-corrected chi connectivity index (χ2v) is 6.77. The number of benzene rings is 1. The molecule has 0 radical (unpaired) electrons. The van der Waals surface area contributed by atoms with Crippen LogP contribution in [0.5, 0.6) is 11.5 Å². The summed E-state index contributed by atoms with van der Waals surface area (Å²) in [4.78, 5) is 33.6. The van der Waals surface area contributed by atoms with E-state index in [0.29, 0.717) is 17.1 Å². The lowest BCUT2D eigenvalue weighted by atomic mass is 10.2. The molecule has 0 saturated heterocycles. The third-order valence-corrected chi connectivity index (χ3v) is 4.18. The molecule has 1 aromatic carbocycles. The number of aromatic nitrogens is 2. The third kappa shape index (κ3) is 6.46. The molecule has 2 heterocycles. The molecule has 0 aliphatic heterocycles. The molecule has 3 rings (SSSR count). The number of amides is 2. The van der Waals surface area contributed by atoms with E-state index in [0.717, 1.165) is 5.56 Å². The van der Waals surface area contributed by atoms with Gasteiger partial charge in [0.05, 0.1) is 12.7 Å². The number of hydrogen-bond donors (Lipinski definition) is 1. The van der Waals surface area contributed by atoms with E-state index in [1.54, 1.807) is 36.7 Å². The van der Waals surface area contributed by atoms with Gasteiger partial charge >= 0.3 is 0 Å². The first-order chi connectivity index (χ1) is 14.9. The van der Waals surface area contributed by atoms with Crippen LogP contribution < -0.4 is 10.1 Å². The van der Waals surface area contributed by atoms with Gasteiger partial charge in [0.2, 0.25) is 11.8 Å². The maximum Gasteiger partial charge on any atom is 0.246 e. The number of ether oxygens (including phenoxy) is 1. The Morgan fingerprint density at radius 1 is 1.19 bits per heavy atom. The van der Waals surface area contributed by atoms with Crippen LogP contribution in [0.15, 0.2) is 67.1 Å². The molecule has 7 nitrogen and oxygen atoms in total. The molecule has 158 valence electrons. The number of nitrogens with one attached hydrogen (secondary N) is 1. The molecule has 2 aromatic heterocycles. The summed E-state index contributed by atoms with van der Waals surface area (Å²) < 4.78 is 19.7. The number of rotatable bonds is 7. The number of nitrogens with zero attached hydrogens (tertiary/aromatic N) is 3. The van der Waals surface area contributed by atoms with Crippen molar-refractivity contribution in [3.05, 3.63) is 84.1 Å². The van der Waals surface area contributed by atoms with Crippen LogP contribution in [0.1, 0.15) is 11.1 Å². The van der Waals surface area contributed by atoms with Gasteiger partial charge in [-0.3, -0.25) is 14.6 Å². The standard InChI is InChI=1S/C23H21FN4O3/c1-16-9-11-26-21(12-16)27-22(29)15-28(2)23(30)8-6-17-5-7-20(19(24)13-17)31-18-4-3-10-25-14-18/h3-14H,15H2,1-2H3,(H,26,27,29)/b8-6+. The van der Waals surface area contributed by atoms with Gasteiger partial charge in [-0.15, -0.1) is 0 Å². The van der Waals surface area contributed by atoms with Crippen molar-refractivity contribution in [2.45, 2.75) is 6.92 Å². The first kappa shape index (κ1) is 21.6. The van der Waals surface area contributed by atoms with E-state index in [-0.39, 0.29) is 18.2 Å². The summed E-state index contributed by atoms with van der Waals surface area (Å²) >= 11 is 0. The molecule has 0 atom stereocenters. The molecule has 0 aliphatic carbocycles. The summed E-state index contributed by atoms with van der Waals surface area (Å²) in [6.45, 7) is 1.74. The van der Waals surface area contributed by atoms with Crippen molar-refractivity contribution in [1.82, 2.24) is 14.9 Å². The molecule has 0 fully saturated rings. The van der Waals surface area contributed by atoms with Gasteiger partial charge in [-0.05, 0) is 60.5 Å². The van der Waals surface area contributed by atoms with Gasteiger partial charge in [0, 0.05) is 25.5 Å². The number of likely N-dealkylation sites (N-methyl/N-ethyl adjacent to an activating group) is 1. The van der Waals surface area contributed by atoms with Crippen LogP contribution in [0.2, 0.25) is 0 Å². The van der Waals surface area contributed by atoms with E-state index in [9.17, 15) is 14.0 Å². The molecule has 31 heavy (non-hydrogen) atoms. The average molecular weight is 420 g/mol. The molecule has 0 unspecified atom stereocenters. The number of carbonyl (C=O) groups excluding carboxylic acids is 2. The number of anilines is 1. The Balaban J connectivity index is 1.56. The molecule has 3 aromatic rings. The lowest BCUT2D eigenvalue weighted by Gasteiger charge is -2.14. The minimum Gasteiger partial charge on any atom is -0.453 e. The Labute approximate surface area is 179 Å². The Morgan fingerprint density at radius 3 is 2.74 bits per heavy atom. The van der Waals surface area contributed by atoms with Crippen molar-refractivity contribution < 1.29 is 18.7 Å². The summed E-state index contributed by atoms with van der Waals surface area (Å²) in [5, 5.41) is 2.64. The molecule has 8 heteroatoms. The number of carbonyl (C=O) groups is 2. The van der Waals surface area contributed by atoms with E-state index in [2.05, 4.69) is 15.3 Å². The Hall–Kier alpha value is -4.07. The first-order valence-electron chi connectivity index (χ1n) is 9.44. The topological polar surface area (TPSA) is 84.4 Å². The highest BCUT2D eigenvalue weighted by Gasteiger charge is 2.12. The van der Waals surface area contributed by atoms with Crippen LogP contribution in [-0.2, 0) is 9.59 Å². The van der Waals surface area contributed by atoms with E-state index in [4.69, 9.17) is 4.74 Å². The molecular formula is C23H21FN4O3. The molecule has 1 N–H and O–H groups in total. The van der Waals surface area contributed by atoms with Crippen molar-refractivity contribution >= 4 is 23.7 Å². The Bertz CT molecular complexity index is 1100. The van der Waals surface area contributed by atoms with Crippen molar-refractivity contribution in [2.75, 3.05) is 18.9 Å². The Kier molecular flexibility index (Phi) is 7.05. The maximum absolute atomic E-state index is 14.3. The zero-order valence-corrected chi connectivity index (χ0v) is 17.1. The van der Waals surface area contributed by atoms with Crippen LogP contribution in [0.4, 0.5) is 10.2 Å². The second kappa shape index (κ2) is 10.1. The zero-order valence-electron chi connectivity index (χ0n) is 17.1. The van der Waals surface area contributed by atoms with Crippen LogP contribution in [-0.4, -0.2) is 40.3 Å². The predicted octanol–water partition coefficient (Wildman–Crippen LogP) is 3.83. The summed E-state index contributed by atoms with van der Waals surface area (Å²) in [6.07, 6.45) is 7.40. The number of pyridine rings is 2. The first-order valence-corrected chi connectivity index (χ1v) is 9.44. The molecule has 0 saturated carbocycles. The van der Waals surface area contributed by atoms with Crippen molar-refractivity contribution in [3.8, 4) is 11.5 Å². The van der Waals surface area contributed by atoms with E-state index >= 15 is 0 Å². The van der Waals surface area contributed by atoms with Crippen LogP contribution in [0, 0.1) is 12.7 Å². The normalized spacial score (nSPS) is 10.7. The minimum atomic E-state index is -0.572. The van der Waals surface area contributed by atoms with E-state index in [1.807, 2.05) is 13.0 Å². The highest BCUT2D eigenvalue weighted by molar-refractivity contribution is 5.97. The molecule has 0 spiro atoms. The summed E-state index contributed by atoms with van der Waals surface area (Å²) in [5.41, 5.74) is 1.44. The third-order valence-electron chi connectivity index (χ3n) is 4.18. The summed E-state index contributed by atoms with van der Waals surface area (Å²) in [6, 6.07) is 11.2.